The van der Waals surface area contributed by atoms with Gasteiger partial charge in [0.2, 0.25) is 0 Å². The van der Waals surface area contributed by atoms with Crippen LogP contribution in [-0.2, 0) is 19.1 Å². The summed E-state index contributed by atoms with van der Waals surface area (Å²) >= 11 is 0. The Kier molecular flexibility index (Phi) is 4.91. The molecule has 0 aromatic carbocycles. The average Bonchev–Trinajstić information content (AvgIpc) is 2.59. The Bertz CT molecular complexity index is 747. The van der Waals surface area contributed by atoms with Gasteiger partial charge < -0.3 is 24.8 Å². The zero-order chi connectivity index (χ0) is 22.2. The maximum absolute atomic E-state index is 13.6. The van der Waals surface area contributed by atoms with Crippen LogP contribution in [0.5, 0.6) is 0 Å². The van der Waals surface area contributed by atoms with Gasteiger partial charge in [-0.25, -0.2) is 0 Å². The van der Waals surface area contributed by atoms with Gasteiger partial charge in [-0.3, -0.25) is 9.59 Å². The van der Waals surface area contributed by atoms with E-state index in [1.165, 1.54) is 19.9 Å². The Labute approximate surface area is 172 Å². The Hall–Kier alpha value is -1.28. The van der Waals surface area contributed by atoms with Crippen LogP contribution in [-0.4, -0.2) is 62.2 Å². The SMILES string of the molecule is C=C[C@@]1(C)CC(=O)C2(O)[C@@]3(C)[C@@H](O)CCC(C)(C)[C@@H]3[C@H](O)C(OC(C)=O)[C@]2(C)O1. The van der Waals surface area contributed by atoms with Crippen molar-refractivity contribution in [3.8, 4) is 0 Å². The predicted octanol–water partition coefficient (Wildman–Crippen LogP) is 1.52. The van der Waals surface area contributed by atoms with Crippen LogP contribution in [0.15, 0.2) is 12.7 Å². The van der Waals surface area contributed by atoms with Gasteiger partial charge in [-0.2, -0.15) is 0 Å². The Morgan fingerprint density at radius 2 is 1.83 bits per heavy atom. The summed E-state index contributed by atoms with van der Waals surface area (Å²) in [6, 6.07) is 0. The summed E-state index contributed by atoms with van der Waals surface area (Å²) in [5, 5.41) is 34.7. The van der Waals surface area contributed by atoms with E-state index < -0.39 is 63.6 Å². The molecule has 0 bridgehead atoms. The highest BCUT2D eigenvalue weighted by molar-refractivity contribution is 5.92. The molecule has 3 rings (SSSR count). The number of esters is 1. The molecule has 0 amide bonds. The van der Waals surface area contributed by atoms with Crippen molar-refractivity contribution in [3.05, 3.63) is 12.7 Å². The maximum atomic E-state index is 13.6. The number of fused-ring (bicyclic) bond motifs is 3. The molecule has 1 heterocycles. The number of ketones is 1. The quantitative estimate of drug-likeness (QED) is 0.467. The number of Topliss-reactive ketones (excluding diaryl/α,β-unsaturated/α-hetero) is 1. The largest absolute Gasteiger partial charge is 0.457 e. The minimum atomic E-state index is -2.18. The molecule has 2 aliphatic carbocycles. The standard InChI is InChI=1S/C22H34O7/c1-8-19(5)11-14(25)22(27)20(6)13(24)9-10-18(3,4)16(20)15(26)17(28-12(2)23)21(22,7)29-19/h8,13,15-17,24,26-27H,1,9-11H2,2-7H3/t13-,15-,16-,17?,19-,20-,21-,22?/m0/s1. The molecule has 0 aromatic rings. The lowest BCUT2D eigenvalue weighted by Gasteiger charge is -2.71. The molecule has 3 N–H and O–H groups in total. The van der Waals surface area contributed by atoms with Gasteiger partial charge in [-0.1, -0.05) is 26.8 Å². The van der Waals surface area contributed by atoms with Crippen molar-refractivity contribution in [2.75, 3.05) is 0 Å². The number of aliphatic hydroxyl groups is 3. The van der Waals surface area contributed by atoms with Crippen molar-refractivity contribution in [2.45, 2.75) is 95.9 Å². The second-order valence-corrected chi connectivity index (χ2v) is 10.4. The van der Waals surface area contributed by atoms with Crippen molar-refractivity contribution in [1.29, 1.82) is 0 Å². The van der Waals surface area contributed by atoms with E-state index >= 15 is 0 Å². The van der Waals surface area contributed by atoms with Crippen LogP contribution in [0.25, 0.3) is 0 Å². The Balaban J connectivity index is 2.33. The summed E-state index contributed by atoms with van der Waals surface area (Å²) in [7, 11) is 0. The van der Waals surface area contributed by atoms with Crippen LogP contribution >= 0.6 is 0 Å². The van der Waals surface area contributed by atoms with Crippen LogP contribution in [0, 0.1) is 16.7 Å². The van der Waals surface area contributed by atoms with Gasteiger partial charge >= 0.3 is 5.97 Å². The lowest BCUT2D eigenvalue weighted by atomic mass is 9.40. The van der Waals surface area contributed by atoms with Crippen LogP contribution in [0.3, 0.4) is 0 Å². The third-order valence-corrected chi connectivity index (χ3v) is 8.02. The lowest BCUT2D eigenvalue weighted by Crippen LogP contribution is -2.86. The molecule has 0 aromatic heterocycles. The summed E-state index contributed by atoms with van der Waals surface area (Å²) in [6.45, 7) is 13.6. The van der Waals surface area contributed by atoms with E-state index in [4.69, 9.17) is 9.47 Å². The fraction of sp³-hybridized carbons (Fsp3) is 0.818. The summed E-state index contributed by atoms with van der Waals surface area (Å²) in [5.41, 5.74) is -7.00. The zero-order valence-electron chi connectivity index (χ0n) is 18.2. The Morgan fingerprint density at radius 1 is 1.24 bits per heavy atom. The van der Waals surface area contributed by atoms with Crippen LogP contribution in [0.1, 0.15) is 60.8 Å². The molecule has 0 spiro atoms. The smallest absolute Gasteiger partial charge is 0.303 e. The molecule has 7 nitrogen and oxygen atoms in total. The molecule has 3 aliphatic rings. The third kappa shape index (κ3) is 2.63. The summed E-state index contributed by atoms with van der Waals surface area (Å²) in [6.07, 6.45) is -1.29. The topological polar surface area (TPSA) is 113 Å². The predicted molar refractivity (Wildman–Crippen MR) is 105 cm³/mol. The fourth-order valence-electron chi connectivity index (χ4n) is 6.66. The van der Waals surface area contributed by atoms with E-state index in [1.54, 1.807) is 13.8 Å². The molecule has 2 unspecified atom stereocenters. The highest BCUT2D eigenvalue weighted by atomic mass is 16.6. The zero-order valence-corrected chi connectivity index (χ0v) is 18.2. The molecule has 29 heavy (non-hydrogen) atoms. The van der Waals surface area contributed by atoms with Crippen molar-refractivity contribution in [1.82, 2.24) is 0 Å². The molecule has 0 radical (unpaired) electrons. The average molecular weight is 411 g/mol. The van der Waals surface area contributed by atoms with Gasteiger partial charge in [0.05, 0.1) is 17.8 Å². The first-order chi connectivity index (χ1) is 13.1. The normalized spacial score (nSPS) is 51.6. The van der Waals surface area contributed by atoms with Crippen molar-refractivity contribution < 1.29 is 34.4 Å². The molecule has 8 atom stereocenters. The number of carbonyl (C=O) groups is 2. The first-order valence-corrected chi connectivity index (χ1v) is 10.2. The Morgan fingerprint density at radius 3 is 2.34 bits per heavy atom. The summed E-state index contributed by atoms with van der Waals surface area (Å²) in [5.74, 6) is -1.87. The number of rotatable bonds is 2. The number of carbonyl (C=O) groups excluding carboxylic acids is 2. The summed E-state index contributed by atoms with van der Waals surface area (Å²) < 4.78 is 11.8. The van der Waals surface area contributed by atoms with E-state index in [9.17, 15) is 24.9 Å². The van der Waals surface area contributed by atoms with Gasteiger partial charge in [0.15, 0.2) is 17.5 Å². The number of hydrogen-bond donors (Lipinski definition) is 3. The van der Waals surface area contributed by atoms with Gasteiger partial charge in [-0.05, 0) is 32.1 Å². The first-order valence-electron chi connectivity index (χ1n) is 10.2. The molecular weight excluding hydrogens is 376 g/mol. The fourth-order valence-corrected chi connectivity index (χ4v) is 6.66. The minimum absolute atomic E-state index is 0.138. The van der Waals surface area contributed by atoms with Gasteiger partial charge in [-0.15, -0.1) is 6.58 Å². The van der Waals surface area contributed by atoms with Crippen LogP contribution in [0.4, 0.5) is 0 Å². The second-order valence-electron chi connectivity index (χ2n) is 10.4. The van der Waals surface area contributed by atoms with Crippen LogP contribution in [0.2, 0.25) is 0 Å². The van der Waals surface area contributed by atoms with E-state index in [1.807, 2.05) is 13.8 Å². The van der Waals surface area contributed by atoms with Crippen molar-refractivity contribution in [3.63, 3.8) is 0 Å². The van der Waals surface area contributed by atoms with Crippen molar-refractivity contribution in [2.24, 2.45) is 16.7 Å². The molecule has 2 saturated carbocycles. The minimum Gasteiger partial charge on any atom is -0.457 e. The number of hydrogen-bond acceptors (Lipinski definition) is 7. The number of aliphatic hydroxyl groups excluding tert-OH is 2. The van der Waals surface area contributed by atoms with Crippen LogP contribution < -0.4 is 0 Å². The highest BCUT2D eigenvalue weighted by Gasteiger charge is 2.81. The third-order valence-electron chi connectivity index (χ3n) is 8.02. The summed E-state index contributed by atoms with van der Waals surface area (Å²) in [4.78, 5) is 25.5. The molecule has 1 aliphatic heterocycles. The van der Waals surface area contributed by atoms with E-state index in [-0.39, 0.29) is 6.42 Å². The van der Waals surface area contributed by atoms with E-state index in [0.717, 1.165) is 0 Å². The van der Waals surface area contributed by atoms with E-state index in [0.29, 0.717) is 12.8 Å². The van der Waals surface area contributed by atoms with Gasteiger partial charge in [0.1, 0.15) is 5.60 Å². The molecule has 3 fully saturated rings. The lowest BCUT2D eigenvalue weighted by molar-refractivity contribution is -0.370. The van der Waals surface area contributed by atoms with Gasteiger partial charge in [0, 0.05) is 24.7 Å². The number of ether oxygens (including phenoxy) is 2. The molecule has 1 saturated heterocycles. The molecular formula is C22H34O7. The maximum Gasteiger partial charge on any atom is 0.303 e. The molecule has 7 heteroatoms. The van der Waals surface area contributed by atoms with Gasteiger partial charge in [0.25, 0.3) is 0 Å². The highest BCUT2D eigenvalue weighted by Crippen LogP contribution is 2.66. The monoisotopic (exact) mass is 410 g/mol. The van der Waals surface area contributed by atoms with Crippen molar-refractivity contribution >= 4 is 11.8 Å². The van der Waals surface area contributed by atoms with E-state index in [2.05, 4.69) is 6.58 Å². The second kappa shape index (κ2) is 6.36. The first kappa shape index (κ1) is 22.4. The molecule has 164 valence electrons.